The van der Waals surface area contributed by atoms with E-state index in [0.717, 1.165) is 41.4 Å². The van der Waals surface area contributed by atoms with E-state index in [-0.39, 0.29) is 5.78 Å². The molecule has 1 aliphatic heterocycles. The van der Waals surface area contributed by atoms with Crippen LogP contribution in [0.1, 0.15) is 52.5 Å². The van der Waals surface area contributed by atoms with Crippen LogP contribution in [-0.4, -0.2) is 23.5 Å². The number of Topliss-reactive ketones (excluding diaryl/α,β-unsaturated/α-hetero) is 1. The molecule has 0 amide bonds. The largest absolute Gasteiger partial charge is 0.378 e. The van der Waals surface area contributed by atoms with Gasteiger partial charge in [0.2, 0.25) is 0 Å². The summed E-state index contributed by atoms with van der Waals surface area (Å²) in [5, 5.41) is 0.977. The molecule has 4 heteroatoms. The highest BCUT2D eigenvalue weighted by Crippen LogP contribution is 2.22. The molecule has 17 heavy (non-hydrogen) atoms. The van der Waals surface area contributed by atoms with E-state index in [1.807, 2.05) is 13.8 Å². The Morgan fingerprint density at radius 3 is 2.94 bits per heavy atom. The third-order valence-electron chi connectivity index (χ3n) is 3.11. The number of nitrogens with zero attached hydrogens (tertiary/aromatic N) is 1. The molecular formula is C13H19NO2S. The van der Waals surface area contributed by atoms with Crippen molar-refractivity contribution >= 4 is 17.1 Å². The number of aryl methyl sites for hydroxylation is 2. The lowest BCUT2D eigenvalue weighted by atomic mass is 10.1. The van der Waals surface area contributed by atoms with Crippen molar-refractivity contribution in [3.63, 3.8) is 0 Å². The maximum Gasteiger partial charge on any atom is 0.174 e. The second kappa shape index (κ2) is 5.74. The van der Waals surface area contributed by atoms with Crippen molar-refractivity contribution in [1.82, 2.24) is 4.98 Å². The number of rotatable bonds is 5. The van der Waals surface area contributed by atoms with E-state index in [1.54, 1.807) is 0 Å². The number of hydrogen-bond acceptors (Lipinski definition) is 4. The lowest BCUT2D eigenvalue weighted by molar-refractivity contribution is 0.0925. The first-order chi connectivity index (χ1) is 8.16. The molecule has 0 N–H and O–H groups in total. The van der Waals surface area contributed by atoms with Crippen LogP contribution in [0.5, 0.6) is 0 Å². The molecule has 0 aromatic carbocycles. The number of aromatic nitrogens is 1. The average Bonchev–Trinajstić information content (AvgIpc) is 2.88. The first-order valence-corrected chi connectivity index (χ1v) is 7.07. The number of carbonyl (C=O) groups excluding carboxylic acids is 1. The molecule has 3 nitrogen and oxygen atoms in total. The Hall–Kier alpha value is -0.740. The van der Waals surface area contributed by atoms with Crippen LogP contribution in [0.2, 0.25) is 0 Å². The van der Waals surface area contributed by atoms with Gasteiger partial charge in [0.25, 0.3) is 0 Å². The first-order valence-electron chi connectivity index (χ1n) is 6.25. The Labute approximate surface area is 106 Å². The van der Waals surface area contributed by atoms with Crippen LogP contribution in [0.15, 0.2) is 0 Å². The number of hydrogen-bond donors (Lipinski definition) is 0. The highest BCUT2D eigenvalue weighted by molar-refractivity contribution is 7.13. The number of ether oxygens (including phenoxy) is 1. The summed E-state index contributed by atoms with van der Waals surface area (Å²) in [6.45, 7) is 4.75. The zero-order valence-electron chi connectivity index (χ0n) is 10.5. The van der Waals surface area contributed by atoms with Gasteiger partial charge in [-0.2, -0.15) is 0 Å². The van der Waals surface area contributed by atoms with Crippen molar-refractivity contribution in [3.8, 4) is 0 Å². The van der Waals surface area contributed by atoms with Gasteiger partial charge in [-0.1, -0.05) is 0 Å². The smallest absolute Gasteiger partial charge is 0.174 e. The van der Waals surface area contributed by atoms with E-state index in [9.17, 15) is 4.79 Å². The first kappa shape index (κ1) is 12.7. The van der Waals surface area contributed by atoms with Crippen molar-refractivity contribution in [1.29, 1.82) is 0 Å². The topological polar surface area (TPSA) is 39.2 Å². The molecule has 0 radical (unpaired) electrons. The predicted octanol–water partition coefficient (Wildman–Crippen LogP) is 3.29. The molecule has 0 aliphatic carbocycles. The minimum Gasteiger partial charge on any atom is -0.378 e. The summed E-state index contributed by atoms with van der Waals surface area (Å²) >= 11 is 1.51. The minimum absolute atomic E-state index is 0.242. The zero-order chi connectivity index (χ0) is 12.3. The van der Waals surface area contributed by atoms with Gasteiger partial charge in [0.1, 0.15) is 0 Å². The summed E-state index contributed by atoms with van der Waals surface area (Å²) in [6, 6.07) is 0. The van der Waals surface area contributed by atoms with Crippen molar-refractivity contribution in [2.45, 2.75) is 52.1 Å². The van der Waals surface area contributed by atoms with Gasteiger partial charge >= 0.3 is 0 Å². The third-order valence-corrected chi connectivity index (χ3v) is 4.22. The normalized spacial score (nSPS) is 19.8. The standard InChI is InChI=1S/C13H19NO2S/c1-9-13(17-10(2)14-9)12(15)7-3-5-11-6-4-8-16-11/h11H,3-8H2,1-2H3. The van der Waals surface area contributed by atoms with Crippen LogP contribution in [-0.2, 0) is 4.74 Å². The van der Waals surface area contributed by atoms with Crippen LogP contribution >= 0.6 is 11.3 Å². The van der Waals surface area contributed by atoms with Crippen molar-refractivity contribution in [2.75, 3.05) is 6.61 Å². The third kappa shape index (κ3) is 3.36. The summed E-state index contributed by atoms with van der Waals surface area (Å²) in [4.78, 5) is 17.1. The van der Waals surface area contributed by atoms with Crippen LogP contribution in [0, 0.1) is 13.8 Å². The molecule has 1 saturated heterocycles. The van der Waals surface area contributed by atoms with Gasteiger partial charge in [0, 0.05) is 13.0 Å². The van der Waals surface area contributed by atoms with Crippen molar-refractivity contribution in [2.24, 2.45) is 0 Å². The Morgan fingerprint density at radius 2 is 2.35 bits per heavy atom. The van der Waals surface area contributed by atoms with Crippen molar-refractivity contribution < 1.29 is 9.53 Å². The fourth-order valence-electron chi connectivity index (χ4n) is 2.27. The van der Waals surface area contributed by atoms with Crippen molar-refractivity contribution in [3.05, 3.63) is 15.6 Å². The fraction of sp³-hybridized carbons (Fsp3) is 0.692. The van der Waals surface area contributed by atoms with Gasteiger partial charge in [-0.3, -0.25) is 4.79 Å². The summed E-state index contributed by atoms with van der Waals surface area (Å²) in [5.41, 5.74) is 0.884. The lowest BCUT2D eigenvalue weighted by Gasteiger charge is -2.07. The van der Waals surface area contributed by atoms with E-state index in [2.05, 4.69) is 4.98 Å². The average molecular weight is 253 g/mol. The molecule has 1 aliphatic rings. The highest BCUT2D eigenvalue weighted by atomic mass is 32.1. The number of thiazole rings is 1. The number of carbonyl (C=O) groups is 1. The maximum absolute atomic E-state index is 12.0. The molecule has 1 aromatic heterocycles. The number of ketones is 1. The molecule has 1 fully saturated rings. The molecule has 0 spiro atoms. The van der Waals surface area contributed by atoms with Crippen LogP contribution in [0.3, 0.4) is 0 Å². The van der Waals surface area contributed by atoms with E-state index in [1.165, 1.54) is 17.8 Å². The molecule has 1 aromatic rings. The second-order valence-corrected chi connectivity index (χ2v) is 5.80. The summed E-state index contributed by atoms with van der Waals surface area (Å²) in [7, 11) is 0. The lowest BCUT2D eigenvalue weighted by Crippen LogP contribution is -2.06. The van der Waals surface area contributed by atoms with Crippen LogP contribution in [0.25, 0.3) is 0 Å². The molecule has 94 valence electrons. The molecule has 0 saturated carbocycles. The van der Waals surface area contributed by atoms with Gasteiger partial charge < -0.3 is 4.74 Å². The van der Waals surface area contributed by atoms with Gasteiger partial charge in [-0.15, -0.1) is 11.3 Å². The Balaban J connectivity index is 1.78. The van der Waals surface area contributed by atoms with Gasteiger partial charge in [-0.25, -0.2) is 4.98 Å². The Bertz CT molecular complexity index is 394. The summed E-state index contributed by atoms with van der Waals surface area (Å²) in [5.74, 6) is 0.242. The molecule has 1 unspecified atom stereocenters. The fourth-order valence-corrected chi connectivity index (χ4v) is 3.15. The van der Waals surface area contributed by atoms with Gasteiger partial charge in [-0.05, 0) is 39.5 Å². The SMILES string of the molecule is Cc1nc(C)c(C(=O)CCCC2CCCO2)s1. The van der Waals surface area contributed by atoms with Crippen LogP contribution in [0.4, 0.5) is 0 Å². The van der Waals surface area contributed by atoms with Gasteiger partial charge in [0.15, 0.2) is 5.78 Å². The minimum atomic E-state index is 0.242. The van der Waals surface area contributed by atoms with Gasteiger partial charge in [0.05, 0.1) is 21.7 Å². The van der Waals surface area contributed by atoms with E-state index < -0.39 is 0 Å². The highest BCUT2D eigenvalue weighted by Gasteiger charge is 2.17. The van der Waals surface area contributed by atoms with E-state index >= 15 is 0 Å². The zero-order valence-corrected chi connectivity index (χ0v) is 11.3. The molecule has 1 atom stereocenters. The Morgan fingerprint density at radius 1 is 1.53 bits per heavy atom. The summed E-state index contributed by atoms with van der Waals surface area (Å²) in [6.07, 6.45) is 5.30. The summed E-state index contributed by atoms with van der Waals surface area (Å²) < 4.78 is 5.55. The molecule has 0 bridgehead atoms. The molecule has 2 rings (SSSR count). The molecule has 2 heterocycles. The Kier molecular flexibility index (Phi) is 4.29. The maximum atomic E-state index is 12.0. The predicted molar refractivity (Wildman–Crippen MR) is 68.7 cm³/mol. The van der Waals surface area contributed by atoms with E-state index in [0.29, 0.717) is 12.5 Å². The quantitative estimate of drug-likeness (QED) is 0.756. The second-order valence-electron chi connectivity index (χ2n) is 4.60. The van der Waals surface area contributed by atoms with E-state index in [4.69, 9.17) is 4.74 Å². The molecular weight excluding hydrogens is 234 g/mol. The van der Waals surface area contributed by atoms with Crippen LogP contribution < -0.4 is 0 Å². The monoisotopic (exact) mass is 253 g/mol.